The Morgan fingerprint density at radius 2 is 1.72 bits per heavy atom. The van der Waals surface area contributed by atoms with Gasteiger partial charge in [0.1, 0.15) is 11.9 Å². The summed E-state index contributed by atoms with van der Waals surface area (Å²) in [5.74, 6) is -1.57. The zero-order valence-corrected chi connectivity index (χ0v) is 28.7. The summed E-state index contributed by atoms with van der Waals surface area (Å²) in [5.41, 5.74) is 5.02. The van der Waals surface area contributed by atoms with Crippen molar-refractivity contribution in [3.05, 3.63) is 86.1 Å². The smallest absolute Gasteiger partial charge is 0.308 e. The lowest BCUT2D eigenvalue weighted by molar-refractivity contribution is -0.144. The van der Waals surface area contributed by atoms with Crippen LogP contribution >= 0.6 is 0 Å². The molecule has 2 unspecified atom stereocenters. The van der Waals surface area contributed by atoms with Gasteiger partial charge in [-0.2, -0.15) is 5.10 Å². The van der Waals surface area contributed by atoms with E-state index in [1.807, 2.05) is 45.9 Å². The molecule has 0 spiro atoms. The van der Waals surface area contributed by atoms with Gasteiger partial charge in [-0.15, -0.1) is 0 Å². The Morgan fingerprint density at radius 3 is 2.34 bits per heavy atom. The second kappa shape index (κ2) is 15.8. The molecule has 0 bridgehead atoms. The first-order valence-corrected chi connectivity index (χ1v) is 16.5. The van der Waals surface area contributed by atoms with Crippen molar-refractivity contribution in [1.82, 2.24) is 20.0 Å². The van der Waals surface area contributed by atoms with Crippen LogP contribution in [0.3, 0.4) is 0 Å². The largest absolute Gasteiger partial charge is 0.466 e. The van der Waals surface area contributed by atoms with E-state index < -0.39 is 35.3 Å². The van der Waals surface area contributed by atoms with Gasteiger partial charge < -0.3 is 15.0 Å². The van der Waals surface area contributed by atoms with Crippen molar-refractivity contribution in [3.8, 4) is 11.1 Å². The predicted molar refractivity (Wildman–Crippen MR) is 180 cm³/mol. The fraction of sp³-hybridized carbons (Fsp3) is 0.514. The minimum Gasteiger partial charge on any atom is -0.466 e. The van der Waals surface area contributed by atoms with Gasteiger partial charge in [0, 0.05) is 43.1 Å². The topological polar surface area (TPSA) is 93.5 Å². The molecule has 1 N–H and O–H groups in total. The minimum absolute atomic E-state index is 0.0111. The van der Waals surface area contributed by atoms with Crippen LogP contribution in [0.25, 0.3) is 11.1 Å². The van der Waals surface area contributed by atoms with Crippen LogP contribution in [0.2, 0.25) is 0 Å². The minimum atomic E-state index is -1.06. The maximum atomic E-state index is 16.0. The van der Waals surface area contributed by atoms with Crippen LogP contribution in [0.5, 0.6) is 0 Å². The molecule has 0 aliphatic carbocycles. The lowest BCUT2D eigenvalue weighted by Gasteiger charge is -2.37. The van der Waals surface area contributed by atoms with Gasteiger partial charge in [0.15, 0.2) is 0 Å². The summed E-state index contributed by atoms with van der Waals surface area (Å²) in [6.45, 7) is 14.8. The number of hydrogen-bond acceptors (Lipinski definition) is 6. The van der Waals surface area contributed by atoms with Crippen LogP contribution < -0.4 is 10.9 Å². The van der Waals surface area contributed by atoms with Gasteiger partial charge in [-0.3, -0.25) is 18.8 Å². The third-order valence-corrected chi connectivity index (χ3v) is 8.81. The van der Waals surface area contributed by atoms with Crippen molar-refractivity contribution >= 4 is 11.9 Å². The molecular formula is C37H48F2N4O4. The first-order valence-electron chi connectivity index (χ1n) is 16.5. The number of aryl methyl sites for hydroxylation is 4. The number of esters is 1. The normalized spacial score (nSPS) is 14.9. The van der Waals surface area contributed by atoms with Gasteiger partial charge in [-0.05, 0) is 93.0 Å². The van der Waals surface area contributed by atoms with Gasteiger partial charge in [0.05, 0.1) is 31.4 Å². The highest BCUT2D eigenvalue weighted by atomic mass is 19.1. The van der Waals surface area contributed by atoms with Gasteiger partial charge in [-0.25, -0.2) is 9.07 Å². The summed E-state index contributed by atoms with van der Waals surface area (Å²) < 4.78 is 35.3. The molecule has 1 amide bonds. The molecule has 4 rings (SSSR count). The number of alkyl halides is 1. The number of carbonyl (C=O) groups excluding carboxylic acids is 2. The van der Waals surface area contributed by atoms with E-state index in [1.165, 1.54) is 4.68 Å². The van der Waals surface area contributed by atoms with E-state index >= 15 is 4.39 Å². The Labute approximate surface area is 276 Å². The molecule has 2 heterocycles. The zero-order valence-electron chi connectivity index (χ0n) is 28.7. The Hall–Kier alpha value is -3.92. The monoisotopic (exact) mass is 650 g/mol. The Kier molecular flexibility index (Phi) is 12.1. The maximum absolute atomic E-state index is 16.0. The van der Waals surface area contributed by atoms with Crippen molar-refractivity contribution in [3.63, 3.8) is 0 Å². The zero-order chi connectivity index (χ0) is 34.4. The van der Waals surface area contributed by atoms with Gasteiger partial charge in [0.2, 0.25) is 5.91 Å². The number of aromatic nitrogens is 2. The van der Waals surface area contributed by atoms with E-state index in [9.17, 15) is 18.8 Å². The second-order valence-electron chi connectivity index (χ2n) is 13.3. The molecular weight excluding hydrogens is 602 g/mol. The van der Waals surface area contributed by atoms with Crippen LogP contribution in [-0.4, -0.2) is 59.5 Å². The molecule has 1 aromatic heterocycles. The Morgan fingerprint density at radius 1 is 1.04 bits per heavy atom. The standard InChI is InChI=1S/C37H48F2N4O4/c1-8-47-33(44)18-31(30-17-28(15-25(6)35(30)39)34-23(4)10-9-11-24(34)5)40-36(45)32(14-22(2)3)43-37(46)26(7)16-29(41-43)12-13-42-20-27(19-38)21-42/h9-11,15-17,22,27,31-32H,8,12-14,18-21H2,1-7H3,(H,40,45). The predicted octanol–water partition coefficient (Wildman–Crippen LogP) is 6.12. The number of carbonyl (C=O) groups is 2. The molecule has 1 fully saturated rings. The quantitative estimate of drug-likeness (QED) is 0.211. The first-order chi connectivity index (χ1) is 22.3. The van der Waals surface area contributed by atoms with Crippen molar-refractivity contribution < 1.29 is 23.1 Å². The number of hydrogen-bond donors (Lipinski definition) is 1. The molecule has 10 heteroatoms. The van der Waals surface area contributed by atoms with Crippen molar-refractivity contribution in [2.24, 2.45) is 11.8 Å². The number of benzene rings is 2. The summed E-state index contributed by atoms with van der Waals surface area (Å²) in [6.07, 6.45) is 0.539. The van der Waals surface area contributed by atoms with Crippen LogP contribution in [0.15, 0.2) is 41.2 Å². The first kappa shape index (κ1) is 35.9. The fourth-order valence-corrected chi connectivity index (χ4v) is 6.39. The van der Waals surface area contributed by atoms with Crippen LogP contribution in [0.1, 0.15) is 79.2 Å². The van der Waals surface area contributed by atoms with E-state index in [2.05, 4.69) is 15.3 Å². The van der Waals surface area contributed by atoms with E-state index in [0.717, 1.165) is 22.3 Å². The molecule has 1 aliphatic heterocycles. The molecule has 254 valence electrons. The van der Waals surface area contributed by atoms with Gasteiger partial charge in [-0.1, -0.05) is 32.0 Å². The molecule has 1 aliphatic rings. The van der Waals surface area contributed by atoms with E-state index in [1.54, 1.807) is 39.0 Å². The molecule has 47 heavy (non-hydrogen) atoms. The summed E-state index contributed by atoms with van der Waals surface area (Å²) in [4.78, 5) is 42.6. The van der Waals surface area contributed by atoms with Crippen molar-refractivity contribution in [1.29, 1.82) is 0 Å². The average Bonchev–Trinajstić information content (AvgIpc) is 2.98. The number of amides is 1. The van der Waals surface area contributed by atoms with Crippen LogP contribution in [0, 0.1) is 45.3 Å². The fourth-order valence-electron chi connectivity index (χ4n) is 6.39. The van der Waals surface area contributed by atoms with Crippen molar-refractivity contribution in [2.45, 2.75) is 79.8 Å². The second-order valence-corrected chi connectivity index (χ2v) is 13.3. The molecule has 2 aromatic carbocycles. The molecule has 0 saturated carbocycles. The number of ether oxygens (including phenoxy) is 1. The molecule has 1 saturated heterocycles. The van der Waals surface area contributed by atoms with Crippen LogP contribution in [-0.2, 0) is 20.7 Å². The van der Waals surface area contributed by atoms with E-state index in [4.69, 9.17) is 4.74 Å². The summed E-state index contributed by atoms with van der Waals surface area (Å²) >= 11 is 0. The third-order valence-electron chi connectivity index (χ3n) is 8.81. The highest BCUT2D eigenvalue weighted by Crippen LogP contribution is 2.34. The van der Waals surface area contributed by atoms with E-state index in [0.29, 0.717) is 49.3 Å². The lowest BCUT2D eigenvalue weighted by atomic mass is 9.90. The highest BCUT2D eigenvalue weighted by Gasteiger charge is 2.31. The molecule has 8 nitrogen and oxygen atoms in total. The Bertz CT molecular complexity index is 1630. The van der Waals surface area contributed by atoms with Crippen molar-refractivity contribution in [2.75, 3.05) is 32.9 Å². The molecule has 3 aromatic rings. The van der Waals surface area contributed by atoms with Gasteiger partial charge in [0.25, 0.3) is 5.56 Å². The Balaban J connectivity index is 1.72. The number of rotatable bonds is 14. The highest BCUT2D eigenvalue weighted by molar-refractivity contribution is 5.82. The number of nitrogens with one attached hydrogen (secondary N) is 1. The summed E-state index contributed by atoms with van der Waals surface area (Å²) in [7, 11) is 0. The number of nitrogens with zero attached hydrogens (tertiary/aromatic N) is 3. The summed E-state index contributed by atoms with van der Waals surface area (Å²) in [6, 6.07) is 9.07. The number of halogens is 2. The summed E-state index contributed by atoms with van der Waals surface area (Å²) in [5, 5.41) is 7.55. The molecule has 2 atom stereocenters. The lowest BCUT2D eigenvalue weighted by Crippen LogP contribution is -2.48. The maximum Gasteiger partial charge on any atom is 0.308 e. The average molecular weight is 651 g/mol. The van der Waals surface area contributed by atoms with Crippen LogP contribution in [0.4, 0.5) is 8.78 Å². The SMILES string of the molecule is CCOC(=O)CC(NC(=O)C(CC(C)C)n1nc(CCN2CC(CF)C2)cc(C)c1=O)c1cc(-c2c(C)cccc2C)cc(C)c1F. The number of likely N-dealkylation sites (tertiary alicyclic amines) is 1. The van der Waals surface area contributed by atoms with E-state index in [-0.39, 0.29) is 37.1 Å². The van der Waals surface area contributed by atoms with Gasteiger partial charge >= 0.3 is 5.97 Å². The molecule has 0 radical (unpaired) electrons. The third kappa shape index (κ3) is 8.71.